The molecule has 0 aliphatic rings. The molecular formula is C10H10F3NO2. The summed E-state index contributed by atoms with van der Waals surface area (Å²) in [4.78, 5) is 14.8. The highest BCUT2D eigenvalue weighted by Crippen LogP contribution is 2.24. The lowest BCUT2D eigenvalue weighted by molar-refractivity contribution is 0.0507. The van der Waals surface area contributed by atoms with Crippen LogP contribution in [0, 0.1) is 12.7 Å². The number of halogens is 3. The van der Waals surface area contributed by atoms with E-state index in [-0.39, 0.29) is 12.3 Å². The van der Waals surface area contributed by atoms with Gasteiger partial charge in [0.1, 0.15) is 5.82 Å². The highest BCUT2D eigenvalue weighted by atomic mass is 19.3. The Hall–Kier alpha value is -1.59. The van der Waals surface area contributed by atoms with E-state index in [4.69, 9.17) is 0 Å². The van der Waals surface area contributed by atoms with Crippen LogP contribution in [0.1, 0.15) is 35.1 Å². The van der Waals surface area contributed by atoms with Gasteiger partial charge in [-0.1, -0.05) is 0 Å². The number of aryl methyl sites for hydroxylation is 1. The Bertz CT molecular complexity index is 407. The summed E-state index contributed by atoms with van der Waals surface area (Å²) in [7, 11) is 0. The Balaban J connectivity index is 3.24. The van der Waals surface area contributed by atoms with Crippen molar-refractivity contribution >= 4 is 5.97 Å². The fourth-order valence-electron chi connectivity index (χ4n) is 1.12. The van der Waals surface area contributed by atoms with Crippen molar-refractivity contribution in [1.29, 1.82) is 0 Å². The Labute approximate surface area is 90.2 Å². The standard InChI is InChI=1S/C10H10F3NO2/c1-3-16-10(15)8-6(9(12)13)4-7(11)5(2)14-8/h4,9H,3H2,1-2H3. The van der Waals surface area contributed by atoms with Crippen LogP contribution >= 0.6 is 0 Å². The van der Waals surface area contributed by atoms with Crippen molar-refractivity contribution in [2.75, 3.05) is 6.61 Å². The topological polar surface area (TPSA) is 39.2 Å². The molecule has 0 aliphatic carbocycles. The number of rotatable bonds is 3. The molecule has 0 saturated heterocycles. The van der Waals surface area contributed by atoms with Crippen molar-refractivity contribution in [1.82, 2.24) is 4.98 Å². The predicted octanol–water partition coefficient (Wildman–Crippen LogP) is 2.64. The van der Waals surface area contributed by atoms with Crippen molar-refractivity contribution in [3.8, 4) is 0 Å². The van der Waals surface area contributed by atoms with Crippen LogP contribution in [0.2, 0.25) is 0 Å². The molecule has 3 nitrogen and oxygen atoms in total. The molecule has 88 valence electrons. The first-order valence-electron chi connectivity index (χ1n) is 4.59. The number of alkyl halides is 2. The summed E-state index contributed by atoms with van der Waals surface area (Å²) in [6.45, 7) is 2.86. The third kappa shape index (κ3) is 2.50. The molecule has 6 heteroatoms. The molecule has 1 aromatic rings. The van der Waals surface area contributed by atoms with Gasteiger partial charge in [0, 0.05) is 0 Å². The van der Waals surface area contributed by atoms with Gasteiger partial charge < -0.3 is 4.74 Å². The minimum Gasteiger partial charge on any atom is -0.461 e. The number of pyridine rings is 1. The Morgan fingerprint density at radius 3 is 2.69 bits per heavy atom. The smallest absolute Gasteiger partial charge is 0.357 e. The molecule has 16 heavy (non-hydrogen) atoms. The van der Waals surface area contributed by atoms with Crippen LogP contribution in [0.15, 0.2) is 6.07 Å². The van der Waals surface area contributed by atoms with Crippen LogP contribution in [-0.2, 0) is 4.74 Å². The lowest BCUT2D eigenvalue weighted by atomic mass is 10.1. The minimum absolute atomic E-state index is 0.0413. The quantitative estimate of drug-likeness (QED) is 0.753. The van der Waals surface area contributed by atoms with Gasteiger partial charge in [0.2, 0.25) is 0 Å². The highest BCUT2D eigenvalue weighted by Gasteiger charge is 2.23. The van der Waals surface area contributed by atoms with Gasteiger partial charge in [-0.2, -0.15) is 0 Å². The fourth-order valence-corrected chi connectivity index (χ4v) is 1.12. The number of carbonyl (C=O) groups is 1. The number of hydrogen-bond acceptors (Lipinski definition) is 3. The molecule has 0 spiro atoms. The summed E-state index contributed by atoms with van der Waals surface area (Å²) in [5.74, 6) is -1.84. The molecule has 0 saturated carbocycles. The molecule has 0 N–H and O–H groups in total. The molecule has 0 aliphatic heterocycles. The van der Waals surface area contributed by atoms with E-state index >= 15 is 0 Å². The molecule has 0 unspecified atom stereocenters. The number of ether oxygens (including phenoxy) is 1. The molecule has 0 atom stereocenters. The zero-order chi connectivity index (χ0) is 12.3. The van der Waals surface area contributed by atoms with E-state index in [1.807, 2.05) is 0 Å². The second kappa shape index (κ2) is 4.96. The molecular weight excluding hydrogens is 223 g/mol. The Morgan fingerprint density at radius 1 is 1.56 bits per heavy atom. The Kier molecular flexibility index (Phi) is 3.87. The van der Waals surface area contributed by atoms with Gasteiger partial charge in [-0.25, -0.2) is 22.9 Å². The van der Waals surface area contributed by atoms with Crippen molar-refractivity contribution in [3.05, 3.63) is 28.8 Å². The van der Waals surface area contributed by atoms with Crippen LogP contribution in [0.4, 0.5) is 13.2 Å². The average molecular weight is 233 g/mol. The van der Waals surface area contributed by atoms with Crippen LogP contribution < -0.4 is 0 Å². The molecule has 0 amide bonds. The summed E-state index contributed by atoms with van der Waals surface area (Å²) >= 11 is 0. The predicted molar refractivity (Wildman–Crippen MR) is 49.8 cm³/mol. The summed E-state index contributed by atoms with van der Waals surface area (Å²) in [5, 5.41) is 0. The number of aromatic nitrogens is 1. The molecule has 0 aromatic carbocycles. The molecule has 0 bridgehead atoms. The van der Waals surface area contributed by atoms with Crippen LogP contribution in [-0.4, -0.2) is 17.6 Å². The van der Waals surface area contributed by atoms with E-state index in [2.05, 4.69) is 9.72 Å². The van der Waals surface area contributed by atoms with Gasteiger partial charge in [0.25, 0.3) is 6.43 Å². The van der Waals surface area contributed by atoms with Gasteiger partial charge in [0.05, 0.1) is 17.9 Å². The second-order valence-electron chi connectivity index (χ2n) is 3.01. The number of carbonyl (C=O) groups excluding carboxylic acids is 1. The fraction of sp³-hybridized carbons (Fsp3) is 0.400. The SMILES string of the molecule is CCOC(=O)c1nc(C)c(F)cc1C(F)F. The number of hydrogen-bond donors (Lipinski definition) is 0. The molecule has 1 aromatic heterocycles. The molecule has 1 heterocycles. The van der Waals surface area contributed by atoms with Crippen molar-refractivity contribution in [2.45, 2.75) is 20.3 Å². The van der Waals surface area contributed by atoms with Crippen molar-refractivity contribution < 1.29 is 22.7 Å². The summed E-state index contributed by atoms with van der Waals surface area (Å²) < 4.78 is 42.6. The van der Waals surface area contributed by atoms with Crippen molar-refractivity contribution in [3.63, 3.8) is 0 Å². The first-order chi connectivity index (χ1) is 7.47. The van der Waals surface area contributed by atoms with E-state index in [0.717, 1.165) is 0 Å². The van der Waals surface area contributed by atoms with Gasteiger partial charge in [-0.3, -0.25) is 0 Å². The van der Waals surface area contributed by atoms with Crippen LogP contribution in [0.25, 0.3) is 0 Å². The van der Waals surface area contributed by atoms with E-state index in [1.54, 1.807) is 0 Å². The maximum Gasteiger partial charge on any atom is 0.357 e. The highest BCUT2D eigenvalue weighted by molar-refractivity contribution is 5.89. The third-order valence-corrected chi connectivity index (χ3v) is 1.88. The summed E-state index contributed by atoms with van der Waals surface area (Å²) in [6, 6.07) is 0.610. The first kappa shape index (κ1) is 12.5. The van der Waals surface area contributed by atoms with E-state index in [9.17, 15) is 18.0 Å². The Morgan fingerprint density at radius 2 is 2.19 bits per heavy atom. The summed E-state index contributed by atoms with van der Waals surface area (Å²) in [6.07, 6.45) is -2.97. The normalized spacial score (nSPS) is 10.6. The minimum atomic E-state index is -2.97. The summed E-state index contributed by atoms with van der Waals surface area (Å²) in [5.41, 5.74) is -1.40. The average Bonchev–Trinajstić information content (AvgIpc) is 2.21. The third-order valence-electron chi connectivity index (χ3n) is 1.88. The number of esters is 1. The van der Waals surface area contributed by atoms with Gasteiger partial charge >= 0.3 is 5.97 Å². The monoisotopic (exact) mass is 233 g/mol. The lowest BCUT2D eigenvalue weighted by Gasteiger charge is -2.08. The van der Waals surface area contributed by atoms with Gasteiger partial charge in [-0.15, -0.1) is 0 Å². The zero-order valence-corrected chi connectivity index (χ0v) is 8.76. The van der Waals surface area contributed by atoms with Crippen LogP contribution in [0.3, 0.4) is 0 Å². The molecule has 0 fully saturated rings. The number of nitrogens with zero attached hydrogens (tertiary/aromatic N) is 1. The zero-order valence-electron chi connectivity index (χ0n) is 8.76. The first-order valence-corrected chi connectivity index (χ1v) is 4.59. The largest absolute Gasteiger partial charge is 0.461 e. The van der Waals surface area contributed by atoms with Crippen LogP contribution in [0.5, 0.6) is 0 Å². The maximum atomic E-state index is 13.0. The second-order valence-corrected chi connectivity index (χ2v) is 3.01. The molecule has 1 rings (SSSR count). The lowest BCUT2D eigenvalue weighted by Crippen LogP contribution is -2.13. The van der Waals surface area contributed by atoms with Crippen molar-refractivity contribution in [2.24, 2.45) is 0 Å². The van der Waals surface area contributed by atoms with E-state index in [0.29, 0.717) is 6.07 Å². The maximum absolute atomic E-state index is 13.0. The van der Waals surface area contributed by atoms with E-state index < -0.39 is 29.5 Å². The van der Waals surface area contributed by atoms with Gasteiger partial charge in [0.15, 0.2) is 5.69 Å². The molecule has 0 radical (unpaired) electrons. The van der Waals surface area contributed by atoms with E-state index in [1.165, 1.54) is 13.8 Å². The van der Waals surface area contributed by atoms with Gasteiger partial charge in [-0.05, 0) is 19.9 Å².